The molecule has 2 rings (SSSR count). The maximum atomic E-state index is 11.7. The molecule has 0 saturated carbocycles. The van der Waals surface area contributed by atoms with Crippen LogP contribution in [-0.2, 0) is 0 Å². The topological polar surface area (TPSA) is 92.4 Å². The molecule has 0 aromatic carbocycles. The normalized spacial score (nSPS) is 18.9. The van der Waals surface area contributed by atoms with Crippen LogP contribution < -0.4 is 5.32 Å². The van der Waals surface area contributed by atoms with E-state index in [0.29, 0.717) is 0 Å². The summed E-state index contributed by atoms with van der Waals surface area (Å²) < 4.78 is 4.51. The fraction of sp³-hybridized carbons (Fsp3) is 0.364. The third-order valence-electron chi connectivity index (χ3n) is 2.56. The van der Waals surface area contributed by atoms with Crippen LogP contribution in [0.25, 0.3) is 0 Å². The van der Waals surface area contributed by atoms with Gasteiger partial charge in [0.25, 0.3) is 5.91 Å². The number of hydrogen-bond donors (Lipinski definition) is 2. The largest absolute Gasteiger partial charge is 0.475 e. The zero-order valence-electron chi connectivity index (χ0n) is 9.05. The highest BCUT2D eigenvalue weighted by molar-refractivity contribution is 5.94. The minimum Gasteiger partial charge on any atom is -0.475 e. The highest BCUT2D eigenvalue weighted by atomic mass is 16.5. The van der Waals surface area contributed by atoms with Crippen molar-refractivity contribution in [1.29, 1.82) is 0 Å². The van der Waals surface area contributed by atoms with E-state index < -0.39 is 11.9 Å². The van der Waals surface area contributed by atoms with Crippen LogP contribution in [0.1, 0.15) is 40.3 Å². The van der Waals surface area contributed by atoms with Crippen LogP contribution in [0.15, 0.2) is 22.7 Å². The Morgan fingerprint density at radius 1 is 1.47 bits per heavy atom. The predicted octanol–water partition coefficient (Wildman–Crippen LogP) is 1.21. The highest BCUT2D eigenvalue weighted by Gasteiger charge is 2.19. The molecule has 1 aliphatic rings. The number of nitrogens with one attached hydrogen (secondary N) is 1. The van der Waals surface area contributed by atoms with Crippen molar-refractivity contribution >= 4 is 11.9 Å². The van der Waals surface area contributed by atoms with Gasteiger partial charge in [0.15, 0.2) is 5.69 Å². The minimum atomic E-state index is -1.24. The lowest BCUT2D eigenvalue weighted by Gasteiger charge is -2.18. The Morgan fingerprint density at radius 3 is 2.88 bits per heavy atom. The van der Waals surface area contributed by atoms with Crippen molar-refractivity contribution < 1.29 is 19.2 Å². The fourth-order valence-electron chi connectivity index (χ4n) is 1.67. The van der Waals surface area contributed by atoms with Crippen LogP contribution in [0.3, 0.4) is 0 Å². The summed E-state index contributed by atoms with van der Waals surface area (Å²) in [7, 11) is 0. The lowest BCUT2D eigenvalue weighted by molar-refractivity contribution is 0.0651. The van der Waals surface area contributed by atoms with Crippen molar-refractivity contribution in [2.24, 2.45) is 0 Å². The number of aromatic carboxylic acids is 1. The highest BCUT2D eigenvalue weighted by Crippen LogP contribution is 2.11. The molecule has 0 aliphatic heterocycles. The summed E-state index contributed by atoms with van der Waals surface area (Å²) in [6, 6.07) is 1.20. The molecule has 90 valence electrons. The smallest absolute Gasteiger partial charge is 0.374 e. The number of amides is 1. The van der Waals surface area contributed by atoms with E-state index in [-0.39, 0.29) is 17.5 Å². The number of carboxylic acid groups (broad SMARTS) is 1. The Morgan fingerprint density at radius 2 is 2.29 bits per heavy atom. The van der Waals surface area contributed by atoms with Gasteiger partial charge in [0, 0.05) is 12.1 Å². The molecule has 0 radical (unpaired) electrons. The first-order chi connectivity index (χ1) is 8.16. The van der Waals surface area contributed by atoms with Crippen molar-refractivity contribution in [3.8, 4) is 0 Å². The minimum absolute atomic E-state index is 0.00282. The number of carbonyl (C=O) groups is 2. The number of hydrogen-bond acceptors (Lipinski definition) is 4. The SMILES string of the molecule is O=C(NC1CC=CCC1)c1cc(C(=O)O)on1. The Bertz CT molecular complexity index is 464. The van der Waals surface area contributed by atoms with E-state index in [2.05, 4.69) is 21.1 Å². The van der Waals surface area contributed by atoms with E-state index in [9.17, 15) is 9.59 Å². The standard InChI is InChI=1S/C11H12N2O4/c14-10(12-7-4-2-1-3-5-7)8-6-9(11(15)16)17-13-8/h1-2,6-7H,3-5H2,(H,12,14)(H,15,16). The van der Waals surface area contributed by atoms with Crippen LogP contribution in [0, 0.1) is 0 Å². The van der Waals surface area contributed by atoms with E-state index in [1.165, 1.54) is 0 Å². The quantitative estimate of drug-likeness (QED) is 0.769. The molecule has 0 bridgehead atoms. The number of carbonyl (C=O) groups excluding carboxylic acids is 1. The monoisotopic (exact) mass is 236 g/mol. The molecule has 2 N–H and O–H groups in total. The van der Waals surface area contributed by atoms with Gasteiger partial charge in [-0.3, -0.25) is 4.79 Å². The van der Waals surface area contributed by atoms with Gasteiger partial charge < -0.3 is 14.9 Å². The number of rotatable bonds is 3. The molecule has 1 unspecified atom stereocenters. The van der Waals surface area contributed by atoms with Crippen LogP contribution in [0.4, 0.5) is 0 Å². The second kappa shape index (κ2) is 4.82. The van der Waals surface area contributed by atoms with E-state index >= 15 is 0 Å². The zero-order chi connectivity index (χ0) is 12.3. The summed E-state index contributed by atoms with van der Waals surface area (Å²) >= 11 is 0. The summed E-state index contributed by atoms with van der Waals surface area (Å²) in [5.74, 6) is -1.97. The molecule has 0 fully saturated rings. The van der Waals surface area contributed by atoms with Gasteiger partial charge in [-0.1, -0.05) is 17.3 Å². The summed E-state index contributed by atoms with van der Waals surface area (Å²) in [5.41, 5.74) is -0.00282. The first-order valence-electron chi connectivity index (χ1n) is 5.32. The maximum Gasteiger partial charge on any atom is 0.374 e. The first kappa shape index (κ1) is 11.4. The summed E-state index contributed by atoms with van der Waals surface area (Å²) in [6.07, 6.45) is 6.69. The predicted molar refractivity (Wildman–Crippen MR) is 57.7 cm³/mol. The Labute approximate surface area is 97.3 Å². The van der Waals surface area contributed by atoms with E-state index in [1.807, 2.05) is 6.08 Å². The number of allylic oxidation sites excluding steroid dienone is 1. The molecule has 1 amide bonds. The molecule has 6 heteroatoms. The number of aromatic nitrogens is 1. The zero-order valence-corrected chi connectivity index (χ0v) is 9.05. The maximum absolute atomic E-state index is 11.7. The second-order valence-corrected chi connectivity index (χ2v) is 3.84. The summed E-state index contributed by atoms with van der Waals surface area (Å²) in [4.78, 5) is 22.3. The van der Waals surface area contributed by atoms with E-state index in [4.69, 9.17) is 5.11 Å². The van der Waals surface area contributed by atoms with Crippen LogP contribution >= 0.6 is 0 Å². The molecular formula is C11H12N2O4. The average Bonchev–Trinajstić information content (AvgIpc) is 2.79. The van der Waals surface area contributed by atoms with E-state index in [0.717, 1.165) is 25.3 Å². The van der Waals surface area contributed by atoms with Crippen molar-refractivity contribution in [2.45, 2.75) is 25.3 Å². The molecule has 0 saturated heterocycles. The molecular weight excluding hydrogens is 224 g/mol. The molecule has 1 aromatic rings. The lowest BCUT2D eigenvalue weighted by Crippen LogP contribution is -2.35. The average molecular weight is 236 g/mol. The summed E-state index contributed by atoms with van der Waals surface area (Å²) in [6.45, 7) is 0. The van der Waals surface area contributed by atoms with E-state index in [1.54, 1.807) is 0 Å². The summed E-state index contributed by atoms with van der Waals surface area (Å²) in [5, 5.41) is 14.8. The van der Waals surface area contributed by atoms with Crippen molar-refractivity contribution in [1.82, 2.24) is 10.5 Å². The Hall–Kier alpha value is -2.11. The third kappa shape index (κ3) is 2.72. The van der Waals surface area contributed by atoms with Gasteiger partial charge in [-0.25, -0.2) is 4.79 Å². The Kier molecular flexibility index (Phi) is 3.22. The van der Waals surface area contributed by atoms with Crippen molar-refractivity contribution in [3.63, 3.8) is 0 Å². The van der Waals surface area contributed by atoms with Gasteiger partial charge in [-0.15, -0.1) is 0 Å². The van der Waals surface area contributed by atoms with Gasteiger partial charge in [0.1, 0.15) is 0 Å². The van der Waals surface area contributed by atoms with Crippen molar-refractivity contribution in [2.75, 3.05) is 0 Å². The van der Waals surface area contributed by atoms with Crippen molar-refractivity contribution in [3.05, 3.63) is 29.7 Å². The molecule has 1 aliphatic carbocycles. The molecule has 0 spiro atoms. The van der Waals surface area contributed by atoms with Gasteiger partial charge in [0.05, 0.1) is 0 Å². The molecule has 17 heavy (non-hydrogen) atoms. The van der Waals surface area contributed by atoms with Crippen LogP contribution in [-0.4, -0.2) is 28.2 Å². The molecule has 6 nitrogen and oxygen atoms in total. The first-order valence-corrected chi connectivity index (χ1v) is 5.32. The molecule has 1 heterocycles. The lowest BCUT2D eigenvalue weighted by atomic mass is 10.0. The molecule has 1 aromatic heterocycles. The third-order valence-corrected chi connectivity index (χ3v) is 2.56. The van der Waals surface area contributed by atoms with Gasteiger partial charge in [-0.05, 0) is 19.3 Å². The fourth-order valence-corrected chi connectivity index (χ4v) is 1.67. The Balaban J connectivity index is 1.99. The van der Waals surface area contributed by atoms with Crippen LogP contribution in [0.2, 0.25) is 0 Å². The molecule has 1 atom stereocenters. The van der Waals surface area contributed by atoms with Gasteiger partial charge >= 0.3 is 5.97 Å². The van der Waals surface area contributed by atoms with Crippen LogP contribution in [0.5, 0.6) is 0 Å². The number of nitrogens with zero attached hydrogens (tertiary/aromatic N) is 1. The second-order valence-electron chi connectivity index (χ2n) is 3.84. The van der Waals surface area contributed by atoms with Gasteiger partial charge in [0.2, 0.25) is 5.76 Å². The number of carboxylic acids is 1. The van der Waals surface area contributed by atoms with Gasteiger partial charge in [-0.2, -0.15) is 0 Å².